The van der Waals surface area contributed by atoms with Gasteiger partial charge in [0.15, 0.2) is 5.13 Å². The van der Waals surface area contributed by atoms with Crippen LogP contribution in [0.15, 0.2) is 40.1 Å². The van der Waals surface area contributed by atoms with E-state index in [1.54, 1.807) is 24.9 Å². The first-order chi connectivity index (χ1) is 17.5. The Hall–Kier alpha value is -2.86. The van der Waals surface area contributed by atoms with Crippen LogP contribution in [0.4, 0.5) is 18.3 Å². The normalized spacial score (nSPS) is 18.4. The van der Waals surface area contributed by atoms with Gasteiger partial charge in [0.05, 0.1) is 21.5 Å². The monoisotopic (exact) mass is 552 g/mol. The number of nitrogens with zero attached hydrogens (tertiary/aromatic N) is 3. The van der Waals surface area contributed by atoms with Crippen LogP contribution in [0.25, 0.3) is 0 Å². The number of amides is 3. The molecule has 1 atom stereocenters. The Balaban J connectivity index is 1.59. The molecule has 1 aromatic heterocycles. The van der Waals surface area contributed by atoms with Crippen LogP contribution >= 0.6 is 23.1 Å². The van der Waals surface area contributed by atoms with Gasteiger partial charge in [-0.3, -0.25) is 14.4 Å². The number of aryl methyl sites for hydroxylation is 1. The van der Waals surface area contributed by atoms with Crippen molar-refractivity contribution in [2.45, 2.75) is 54.4 Å². The number of hydrogen-bond donors (Lipinski definition) is 1. The topological polar surface area (TPSA) is 82.6 Å². The number of carbonyl (C=O) groups is 3. The number of alkyl halides is 3. The van der Waals surface area contributed by atoms with Gasteiger partial charge in [0.25, 0.3) is 5.91 Å². The Bertz CT molecular complexity index is 1230. The van der Waals surface area contributed by atoms with Crippen molar-refractivity contribution in [2.24, 2.45) is 5.92 Å². The van der Waals surface area contributed by atoms with Crippen molar-refractivity contribution in [3.63, 3.8) is 0 Å². The number of thiazole rings is 1. The van der Waals surface area contributed by atoms with Gasteiger partial charge in [0.1, 0.15) is 0 Å². The molecule has 1 saturated carbocycles. The number of aromatic nitrogens is 1. The molecule has 4 rings (SSSR count). The molecular formula is C25H27F3N4O3S2. The highest BCUT2D eigenvalue weighted by Gasteiger charge is 2.38. The Labute approximate surface area is 221 Å². The van der Waals surface area contributed by atoms with Crippen molar-refractivity contribution < 1.29 is 27.6 Å². The number of hydrogen-bond acceptors (Lipinski definition) is 6. The quantitative estimate of drug-likeness (QED) is 0.497. The molecule has 1 aliphatic carbocycles. The van der Waals surface area contributed by atoms with E-state index in [1.165, 1.54) is 40.1 Å². The van der Waals surface area contributed by atoms with Crippen LogP contribution in [-0.4, -0.2) is 58.2 Å². The number of anilines is 1. The average Bonchev–Trinajstić information content (AvgIpc) is 3.63. The minimum atomic E-state index is -4.72. The van der Waals surface area contributed by atoms with Crippen LogP contribution in [0.5, 0.6) is 0 Å². The van der Waals surface area contributed by atoms with E-state index < -0.39 is 23.2 Å². The minimum absolute atomic E-state index is 0.0226. The van der Waals surface area contributed by atoms with Crippen molar-refractivity contribution in [3.05, 3.63) is 47.7 Å². The summed E-state index contributed by atoms with van der Waals surface area (Å²) in [5.41, 5.74) is -1.04. The number of rotatable bonds is 6. The van der Waals surface area contributed by atoms with Gasteiger partial charge in [-0.2, -0.15) is 13.2 Å². The molecule has 12 heteroatoms. The maximum atomic E-state index is 14.0. The second-order valence-corrected chi connectivity index (χ2v) is 11.6. The largest absolute Gasteiger partial charge is 0.417 e. The van der Waals surface area contributed by atoms with E-state index >= 15 is 0 Å². The van der Waals surface area contributed by atoms with Crippen molar-refractivity contribution in [1.82, 2.24) is 14.8 Å². The van der Waals surface area contributed by atoms with Crippen molar-refractivity contribution in [3.8, 4) is 0 Å². The van der Waals surface area contributed by atoms with E-state index in [0.717, 1.165) is 18.9 Å². The van der Waals surface area contributed by atoms with E-state index in [0.29, 0.717) is 32.8 Å². The zero-order valence-electron chi connectivity index (χ0n) is 20.4. The van der Waals surface area contributed by atoms with Crippen LogP contribution in [0, 0.1) is 12.8 Å². The average molecular weight is 553 g/mol. The highest BCUT2D eigenvalue weighted by molar-refractivity contribution is 8.01. The maximum absolute atomic E-state index is 14.0. The summed E-state index contributed by atoms with van der Waals surface area (Å²) >= 11 is 2.43. The van der Waals surface area contributed by atoms with Gasteiger partial charge in [0.2, 0.25) is 11.8 Å². The molecule has 2 aromatic rings. The zero-order valence-corrected chi connectivity index (χ0v) is 22.1. The molecule has 1 aliphatic heterocycles. The molecule has 2 fully saturated rings. The van der Waals surface area contributed by atoms with E-state index in [9.17, 15) is 27.6 Å². The summed E-state index contributed by atoms with van der Waals surface area (Å²) in [5.74, 6) is -1.06. The van der Waals surface area contributed by atoms with Crippen LogP contribution in [0.3, 0.4) is 0 Å². The number of benzene rings is 1. The molecule has 198 valence electrons. The fourth-order valence-electron chi connectivity index (χ4n) is 4.20. The van der Waals surface area contributed by atoms with Gasteiger partial charge in [-0.15, -0.1) is 0 Å². The smallest absolute Gasteiger partial charge is 0.337 e. The second-order valence-electron chi connectivity index (χ2n) is 9.20. The van der Waals surface area contributed by atoms with Crippen LogP contribution in [-0.2, 0) is 15.8 Å². The molecule has 37 heavy (non-hydrogen) atoms. The molecule has 1 aromatic carbocycles. The summed E-state index contributed by atoms with van der Waals surface area (Å²) in [6, 6.07) is 1.92. The van der Waals surface area contributed by atoms with E-state index in [-0.39, 0.29) is 36.9 Å². The molecule has 2 heterocycles. The summed E-state index contributed by atoms with van der Waals surface area (Å²) in [7, 11) is 0. The minimum Gasteiger partial charge on any atom is -0.337 e. The molecule has 1 saturated heterocycles. The van der Waals surface area contributed by atoms with Gasteiger partial charge in [0, 0.05) is 36.5 Å². The SMILES string of the molecule is C=CC(=O)N1CCCN(C(=O)c2cc(Sc3cnc(NC(=O)C4CC4)s3)c(C)cc2C(F)(F)F)C[C@@H]1C. The summed E-state index contributed by atoms with van der Waals surface area (Å²) in [6.07, 6.45) is 0.198. The first-order valence-corrected chi connectivity index (χ1v) is 13.5. The molecule has 3 amide bonds. The summed E-state index contributed by atoms with van der Waals surface area (Å²) in [6.45, 7) is 7.56. The summed E-state index contributed by atoms with van der Waals surface area (Å²) in [4.78, 5) is 45.2. The standard InChI is InChI=1S/C25H27F3N4O3S2/c1-4-20(33)32-9-5-8-31(13-15(32)3)23(35)17-11-19(14(2)10-18(17)25(26,27)28)36-21-12-29-24(37-21)30-22(34)16-6-7-16/h4,10-12,15-16H,1,5-9,13H2,2-3H3,(H,29,30,34)/t15-/m0/s1. The van der Waals surface area contributed by atoms with E-state index in [2.05, 4.69) is 16.9 Å². The van der Waals surface area contributed by atoms with Gasteiger partial charge in [-0.1, -0.05) is 29.7 Å². The lowest BCUT2D eigenvalue weighted by molar-refractivity contribution is -0.138. The lowest BCUT2D eigenvalue weighted by Crippen LogP contribution is -2.43. The molecule has 0 bridgehead atoms. The molecule has 0 radical (unpaired) electrons. The van der Waals surface area contributed by atoms with Crippen molar-refractivity contribution in [2.75, 3.05) is 25.0 Å². The van der Waals surface area contributed by atoms with Crippen LogP contribution in [0.1, 0.15) is 47.7 Å². The predicted molar refractivity (Wildman–Crippen MR) is 136 cm³/mol. The second kappa shape index (κ2) is 10.9. The third kappa shape index (κ3) is 6.35. The van der Waals surface area contributed by atoms with Gasteiger partial charge in [-0.05, 0) is 56.9 Å². The fraction of sp³-hybridized carbons (Fsp3) is 0.440. The highest BCUT2D eigenvalue weighted by Crippen LogP contribution is 2.41. The predicted octanol–water partition coefficient (Wildman–Crippen LogP) is 5.22. The van der Waals surface area contributed by atoms with Gasteiger partial charge < -0.3 is 15.1 Å². The summed E-state index contributed by atoms with van der Waals surface area (Å²) < 4.78 is 42.6. The lowest BCUT2D eigenvalue weighted by Gasteiger charge is -2.29. The first-order valence-electron chi connectivity index (χ1n) is 11.9. The van der Waals surface area contributed by atoms with E-state index in [1.807, 2.05) is 0 Å². The molecule has 7 nitrogen and oxygen atoms in total. The van der Waals surface area contributed by atoms with Crippen LogP contribution in [0.2, 0.25) is 0 Å². The Kier molecular flexibility index (Phi) is 7.98. The zero-order chi connectivity index (χ0) is 26.9. The highest BCUT2D eigenvalue weighted by atomic mass is 32.2. The van der Waals surface area contributed by atoms with Crippen LogP contribution < -0.4 is 5.32 Å². The Morgan fingerprint density at radius 1 is 1.24 bits per heavy atom. The lowest BCUT2D eigenvalue weighted by atomic mass is 10.0. The van der Waals surface area contributed by atoms with Gasteiger partial charge in [-0.25, -0.2) is 4.98 Å². The molecular weight excluding hydrogens is 525 g/mol. The third-order valence-electron chi connectivity index (χ3n) is 6.31. The number of carbonyl (C=O) groups excluding carboxylic acids is 3. The Morgan fingerprint density at radius 2 is 1.97 bits per heavy atom. The third-order valence-corrected chi connectivity index (χ3v) is 8.49. The maximum Gasteiger partial charge on any atom is 0.417 e. The molecule has 0 spiro atoms. The molecule has 1 N–H and O–H groups in total. The van der Waals surface area contributed by atoms with Crippen molar-refractivity contribution in [1.29, 1.82) is 0 Å². The molecule has 0 unspecified atom stereocenters. The van der Waals surface area contributed by atoms with Gasteiger partial charge >= 0.3 is 6.18 Å². The van der Waals surface area contributed by atoms with E-state index in [4.69, 9.17) is 0 Å². The molecule has 2 aliphatic rings. The van der Waals surface area contributed by atoms with Crippen molar-refractivity contribution >= 4 is 46.0 Å². The number of nitrogens with one attached hydrogen (secondary N) is 1. The summed E-state index contributed by atoms with van der Waals surface area (Å²) in [5, 5.41) is 3.19. The first kappa shape index (κ1) is 27.2. The fourth-order valence-corrected chi connectivity index (χ4v) is 6.14. The Morgan fingerprint density at radius 3 is 2.62 bits per heavy atom. The number of halogens is 3.